The van der Waals surface area contributed by atoms with E-state index in [9.17, 15) is 0 Å². The fraction of sp³-hybridized carbons (Fsp3) is 0.600. The molecule has 1 heterocycles. The average Bonchev–Trinajstić information content (AvgIpc) is 2.38. The highest BCUT2D eigenvalue weighted by atomic mass is 16.5. The summed E-state index contributed by atoms with van der Waals surface area (Å²) in [5.74, 6) is 1.76. The first-order valence-corrected chi connectivity index (χ1v) is 6.83. The molecule has 0 radical (unpaired) electrons. The van der Waals surface area contributed by atoms with Crippen molar-refractivity contribution in [2.45, 2.75) is 19.4 Å². The van der Waals surface area contributed by atoms with E-state index in [-0.39, 0.29) is 5.54 Å². The SMILES string of the molecule is COc1ccc(OCCN2CCNC(C)(C)C2)cc1. The van der Waals surface area contributed by atoms with Crippen LogP contribution in [0.15, 0.2) is 24.3 Å². The number of rotatable bonds is 5. The first kappa shape index (κ1) is 14.2. The van der Waals surface area contributed by atoms with E-state index < -0.39 is 0 Å². The molecule has 0 aliphatic carbocycles. The van der Waals surface area contributed by atoms with Gasteiger partial charge in [0.05, 0.1) is 7.11 Å². The smallest absolute Gasteiger partial charge is 0.119 e. The molecule has 19 heavy (non-hydrogen) atoms. The largest absolute Gasteiger partial charge is 0.497 e. The number of benzene rings is 1. The fourth-order valence-corrected chi connectivity index (χ4v) is 2.40. The van der Waals surface area contributed by atoms with Gasteiger partial charge in [-0.3, -0.25) is 4.90 Å². The summed E-state index contributed by atoms with van der Waals surface area (Å²) in [6, 6.07) is 7.73. The molecule has 1 aromatic rings. The van der Waals surface area contributed by atoms with Gasteiger partial charge in [0.2, 0.25) is 0 Å². The summed E-state index contributed by atoms with van der Waals surface area (Å²) in [5, 5.41) is 3.51. The van der Waals surface area contributed by atoms with Gasteiger partial charge in [-0.05, 0) is 38.1 Å². The lowest BCUT2D eigenvalue weighted by molar-refractivity contribution is 0.133. The normalized spacial score (nSPS) is 19.1. The Balaban J connectivity index is 1.73. The summed E-state index contributed by atoms with van der Waals surface area (Å²) in [6.45, 7) is 9.39. The third-order valence-electron chi connectivity index (χ3n) is 3.39. The molecule has 1 N–H and O–H groups in total. The summed E-state index contributed by atoms with van der Waals surface area (Å²) >= 11 is 0. The summed E-state index contributed by atoms with van der Waals surface area (Å²) in [7, 11) is 1.67. The van der Waals surface area contributed by atoms with Crippen LogP contribution in [0.5, 0.6) is 11.5 Å². The highest BCUT2D eigenvalue weighted by Gasteiger charge is 2.25. The van der Waals surface area contributed by atoms with Gasteiger partial charge < -0.3 is 14.8 Å². The number of hydrogen-bond acceptors (Lipinski definition) is 4. The van der Waals surface area contributed by atoms with Crippen molar-refractivity contribution >= 4 is 0 Å². The van der Waals surface area contributed by atoms with Gasteiger partial charge in [-0.25, -0.2) is 0 Å². The highest BCUT2D eigenvalue weighted by molar-refractivity contribution is 5.31. The van der Waals surface area contributed by atoms with Crippen LogP contribution in [0.3, 0.4) is 0 Å². The minimum Gasteiger partial charge on any atom is -0.497 e. The van der Waals surface area contributed by atoms with Gasteiger partial charge in [-0.2, -0.15) is 0 Å². The molecule has 4 heteroatoms. The van der Waals surface area contributed by atoms with Crippen LogP contribution in [0, 0.1) is 0 Å². The molecule has 0 saturated carbocycles. The maximum atomic E-state index is 5.76. The quantitative estimate of drug-likeness (QED) is 0.878. The van der Waals surface area contributed by atoms with Crippen molar-refractivity contribution in [1.82, 2.24) is 10.2 Å². The van der Waals surface area contributed by atoms with Crippen molar-refractivity contribution < 1.29 is 9.47 Å². The lowest BCUT2D eigenvalue weighted by Crippen LogP contribution is -2.57. The van der Waals surface area contributed by atoms with E-state index in [2.05, 4.69) is 24.1 Å². The number of piperazine rings is 1. The van der Waals surface area contributed by atoms with Gasteiger partial charge in [0.25, 0.3) is 0 Å². The van der Waals surface area contributed by atoms with Gasteiger partial charge >= 0.3 is 0 Å². The molecule has 0 atom stereocenters. The number of nitrogens with one attached hydrogen (secondary N) is 1. The Morgan fingerprint density at radius 3 is 2.53 bits per heavy atom. The summed E-state index contributed by atoms with van der Waals surface area (Å²) in [6.07, 6.45) is 0. The molecule has 0 spiro atoms. The molecule has 0 amide bonds. The lowest BCUT2D eigenvalue weighted by Gasteiger charge is -2.39. The molecular weight excluding hydrogens is 240 g/mol. The number of methoxy groups -OCH3 is 1. The van der Waals surface area contributed by atoms with E-state index in [4.69, 9.17) is 9.47 Å². The van der Waals surface area contributed by atoms with Crippen molar-refractivity contribution in [3.8, 4) is 11.5 Å². The van der Waals surface area contributed by atoms with E-state index in [0.717, 1.165) is 44.3 Å². The Bertz CT molecular complexity index is 390. The molecule has 2 rings (SSSR count). The van der Waals surface area contributed by atoms with E-state index >= 15 is 0 Å². The zero-order valence-electron chi connectivity index (χ0n) is 12.1. The molecule has 0 bridgehead atoms. The van der Waals surface area contributed by atoms with Crippen LogP contribution in [0.25, 0.3) is 0 Å². The molecule has 106 valence electrons. The molecule has 1 aliphatic heterocycles. The van der Waals surface area contributed by atoms with Crippen LogP contribution in [0.2, 0.25) is 0 Å². The molecule has 1 fully saturated rings. The first-order chi connectivity index (χ1) is 9.09. The molecule has 1 saturated heterocycles. The standard InChI is InChI=1S/C15H24N2O2/c1-15(2)12-17(9-8-16-15)10-11-19-14-6-4-13(18-3)5-7-14/h4-7,16H,8-12H2,1-3H3. The molecule has 1 aromatic carbocycles. The molecule has 0 unspecified atom stereocenters. The van der Waals surface area contributed by atoms with E-state index in [1.54, 1.807) is 7.11 Å². The Kier molecular flexibility index (Phi) is 4.66. The molecule has 1 aliphatic rings. The number of hydrogen-bond donors (Lipinski definition) is 1. The maximum absolute atomic E-state index is 5.76. The van der Waals surface area contributed by atoms with Crippen molar-refractivity contribution in [3.05, 3.63) is 24.3 Å². The van der Waals surface area contributed by atoms with E-state index in [1.165, 1.54) is 0 Å². The maximum Gasteiger partial charge on any atom is 0.119 e. The minimum absolute atomic E-state index is 0.207. The van der Waals surface area contributed by atoms with Gasteiger partial charge in [0.15, 0.2) is 0 Å². The summed E-state index contributed by atoms with van der Waals surface area (Å²) in [5.41, 5.74) is 0.207. The highest BCUT2D eigenvalue weighted by Crippen LogP contribution is 2.17. The van der Waals surface area contributed by atoms with Crippen LogP contribution in [0.1, 0.15) is 13.8 Å². The predicted molar refractivity (Wildman–Crippen MR) is 77.0 cm³/mol. The second-order valence-corrected chi connectivity index (χ2v) is 5.61. The Morgan fingerprint density at radius 1 is 1.21 bits per heavy atom. The van der Waals surface area contributed by atoms with Crippen molar-refractivity contribution in [2.75, 3.05) is 39.9 Å². The predicted octanol–water partition coefficient (Wildman–Crippen LogP) is 1.76. The summed E-state index contributed by atoms with van der Waals surface area (Å²) in [4.78, 5) is 2.44. The van der Waals surface area contributed by atoms with Crippen molar-refractivity contribution in [3.63, 3.8) is 0 Å². The molecular formula is C15H24N2O2. The summed E-state index contributed by atoms with van der Waals surface area (Å²) < 4.78 is 10.9. The molecule has 4 nitrogen and oxygen atoms in total. The molecule has 0 aromatic heterocycles. The Labute approximate surface area is 115 Å². The van der Waals surface area contributed by atoms with E-state index in [1.807, 2.05) is 24.3 Å². The topological polar surface area (TPSA) is 33.7 Å². The lowest BCUT2D eigenvalue weighted by atomic mass is 10.0. The van der Waals surface area contributed by atoms with Crippen molar-refractivity contribution in [2.24, 2.45) is 0 Å². The van der Waals surface area contributed by atoms with Crippen LogP contribution in [0.4, 0.5) is 0 Å². The van der Waals surface area contributed by atoms with Gasteiger partial charge in [-0.15, -0.1) is 0 Å². The van der Waals surface area contributed by atoms with Gasteiger partial charge in [-0.1, -0.05) is 0 Å². The monoisotopic (exact) mass is 264 g/mol. The van der Waals surface area contributed by atoms with Gasteiger partial charge in [0.1, 0.15) is 18.1 Å². The third kappa shape index (κ3) is 4.40. The Morgan fingerprint density at radius 2 is 1.89 bits per heavy atom. The second kappa shape index (κ2) is 6.26. The van der Waals surface area contributed by atoms with Crippen molar-refractivity contribution in [1.29, 1.82) is 0 Å². The Hall–Kier alpha value is -1.26. The van der Waals surface area contributed by atoms with E-state index in [0.29, 0.717) is 0 Å². The first-order valence-electron chi connectivity index (χ1n) is 6.83. The fourth-order valence-electron chi connectivity index (χ4n) is 2.40. The van der Waals surface area contributed by atoms with Crippen LogP contribution >= 0.6 is 0 Å². The van der Waals surface area contributed by atoms with Crippen LogP contribution < -0.4 is 14.8 Å². The number of ether oxygens (including phenoxy) is 2. The average molecular weight is 264 g/mol. The minimum atomic E-state index is 0.207. The zero-order valence-corrected chi connectivity index (χ0v) is 12.1. The van der Waals surface area contributed by atoms with Crippen LogP contribution in [-0.2, 0) is 0 Å². The third-order valence-corrected chi connectivity index (χ3v) is 3.39. The second-order valence-electron chi connectivity index (χ2n) is 5.61. The number of nitrogens with zero attached hydrogens (tertiary/aromatic N) is 1. The van der Waals surface area contributed by atoms with Gasteiger partial charge in [0, 0.05) is 31.7 Å². The van der Waals surface area contributed by atoms with Crippen LogP contribution in [-0.4, -0.2) is 50.3 Å². The zero-order chi connectivity index (χ0) is 13.7.